The van der Waals surface area contributed by atoms with Crippen molar-refractivity contribution in [3.05, 3.63) is 24.3 Å². The molecule has 0 aliphatic carbocycles. The number of allylic oxidation sites excluding steroid dienone is 3. The second-order valence-corrected chi connectivity index (χ2v) is 13.6. The molecule has 0 rings (SSSR count). The molecule has 0 heterocycles. The minimum atomic E-state index is -4.30. The average molecular weight is 604 g/mol. The lowest BCUT2D eigenvalue weighted by Gasteiger charge is -2.25. The quantitative estimate of drug-likeness (QED) is 0.0371. The number of aliphatic hydroxyl groups excluding tert-OH is 1. The van der Waals surface area contributed by atoms with Gasteiger partial charge in [-0.15, -0.1) is 0 Å². The molecule has 0 fully saturated rings. The molecule has 0 aromatic rings. The number of phosphoric acid groups is 1. The molecule has 0 saturated heterocycles. The van der Waals surface area contributed by atoms with Gasteiger partial charge in [0, 0.05) is 6.42 Å². The van der Waals surface area contributed by atoms with E-state index >= 15 is 0 Å². The molecular weight excluding hydrogens is 539 g/mol. The summed E-state index contributed by atoms with van der Waals surface area (Å²) in [5.41, 5.74) is 0. The summed E-state index contributed by atoms with van der Waals surface area (Å²) in [6.07, 6.45) is 26.8. The topological polar surface area (TPSA) is 105 Å². The Morgan fingerprint density at radius 1 is 0.805 bits per heavy atom. The highest BCUT2D eigenvalue weighted by molar-refractivity contribution is 7.47. The summed E-state index contributed by atoms with van der Waals surface area (Å²) >= 11 is 0. The van der Waals surface area contributed by atoms with E-state index < -0.39 is 20.0 Å². The van der Waals surface area contributed by atoms with Gasteiger partial charge < -0.3 is 19.8 Å². The number of carbonyl (C=O) groups excluding carboxylic acids is 1. The molecule has 0 aromatic carbocycles. The number of hydrogen-bond acceptors (Lipinski definition) is 5. The molecule has 41 heavy (non-hydrogen) atoms. The maximum atomic E-state index is 12.3. The van der Waals surface area contributed by atoms with Crippen LogP contribution in [0.2, 0.25) is 0 Å². The van der Waals surface area contributed by atoms with Crippen LogP contribution in [0.3, 0.4) is 0 Å². The van der Waals surface area contributed by atoms with Crippen LogP contribution in [0.4, 0.5) is 0 Å². The van der Waals surface area contributed by atoms with Crippen LogP contribution in [-0.4, -0.2) is 73.4 Å². The number of quaternary nitrogens is 1. The summed E-state index contributed by atoms with van der Waals surface area (Å²) in [5, 5.41) is 13.3. The molecule has 3 unspecified atom stereocenters. The van der Waals surface area contributed by atoms with Crippen molar-refractivity contribution in [1.29, 1.82) is 0 Å². The van der Waals surface area contributed by atoms with E-state index in [2.05, 4.69) is 24.4 Å². The summed E-state index contributed by atoms with van der Waals surface area (Å²) in [7, 11) is 1.54. The van der Waals surface area contributed by atoms with Crippen LogP contribution in [0.5, 0.6) is 0 Å². The number of carbonyl (C=O) groups is 1. The van der Waals surface area contributed by atoms with Gasteiger partial charge in [-0.05, 0) is 32.1 Å². The standard InChI is InChI=1S/C32H63N2O6P/c1-6-8-9-10-11-12-13-14-15-16-17-18-19-20-21-22-23-24-26-31(35)30(33-32(36)25-7-2)29-40-41(37,38)39-28-27-34(3,4)5/h20-21,24,26,30-31,35H,6-19,22-23,25,27-29H2,1-5H3,(H-,33,36,37,38)/p+1/b21-20+,26-24+. The van der Waals surface area contributed by atoms with Gasteiger partial charge in [0.05, 0.1) is 39.9 Å². The molecule has 0 spiro atoms. The molecule has 9 heteroatoms. The van der Waals surface area contributed by atoms with E-state index in [1.54, 1.807) is 6.08 Å². The van der Waals surface area contributed by atoms with Crippen molar-refractivity contribution in [2.24, 2.45) is 0 Å². The third-order valence-electron chi connectivity index (χ3n) is 6.89. The number of aliphatic hydroxyl groups is 1. The van der Waals surface area contributed by atoms with Crippen LogP contribution in [0, 0.1) is 0 Å². The van der Waals surface area contributed by atoms with Crippen LogP contribution < -0.4 is 5.32 Å². The predicted molar refractivity (Wildman–Crippen MR) is 171 cm³/mol. The highest BCUT2D eigenvalue weighted by Gasteiger charge is 2.27. The lowest BCUT2D eigenvalue weighted by Crippen LogP contribution is -2.45. The van der Waals surface area contributed by atoms with E-state index in [0.717, 1.165) is 19.3 Å². The van der Waals surface area contributed by atoms with Gasteiger partial charge in [-0.25, -0.2) is 4.57 Å². The van der Waals surface area contributed by atoms with Gasteiger partial charge in [-0.3, -0.25) is 13.8 Å². The van der Waals surface area contributed by atoms with Gasteiger partial charge in [-0.2, -0.15) is 0 Å². The molecule has 242 valence electrons. The van der Waals surface area contributed by atoms with Crippen LogP contribution in [0.1, 0.15) is 123 Å². The first-order valence-electron chi connectivity index (χ1n) is 16.2. The Kier molecular flexibility index (Phi) is 24.8. The van der Waals surface area contributed by atoms with Crippen molar-refractivity contribution in [2.75, 3.05) is 40.9 Å². The van der Waals surface area contributed by atoms with Gasteiger partial charge in [0.25, 0.3) is 0 Å². The van der Waals surface area contributed by atoms with Crippen molar-refractivity contribution in [3.8, 4) is 0 Å². The third kappa shape index (κ3) is 27.6. The zero-order valence-corrected chi connectivity index (χ0v) is 27.9. The molecule has 0 bridgehead atoms. The van der Waals surface area contributed by atoms with E-state index in [-0.39, 0.29) is 19.1 Å². The second-order valence-electron chi connectivity index (χ2n) is 12.2. The molecule has 3 N–H and O–H groups in total. The van der Waals surface area contributed by atoms with E-state index in [4.69, 9.17) is 9.05 Å². The normalized spacial score (nSPS) is 15.4. The molecule has 0 saturated carbocycles. The highest BCUT2D eigenvalue weighted by Crippen LogP contribution is 2.43. The zero-order chi connectivity index (χ0) is 30.8. The van der Waals surface area contributed by atoms with E-state index in [1.165, 1.54) is 77.0 Å². The Labute approximate surface area is 252 Å². The zero-order valence-electron chi connectivity index (χ0n) is 27.0. The number of amides is 1. The highest BCUT2D eigenvalue weighted by atomic mass is 31.2. The van der Waals surface area contributed by atoms with Crippen molar-refractivity contribution in [3.63, 3.8) is 0 Å². The molecule has 0 aliphatic rings. The van der Waals surface area contributed by atoms with Crippen molar-refractivity contribution >= 4 is 13.7 Å². The minimum Gasteiger partial charge on any atom is -0.387 e. The second kappa shape index (κ2) is 25.5. The number of phosphoric ester groups is 1. The van der Waals surface area contributed by atoms with Crippen molar-refractivity contribution in [2.45, 2.75) is 135 Å². The number of unbranched alkanes of at least 4 members (excludes halogenated alkanes) is 13. The van der Waals surface area contributed by atoms with Crippen LogP contribution >= 0.6 is 7.82 Å². The number of nitrogens with one attached hydrogen (secondary N) is 1. The molecule has 1 amide bonds. The summed E-state index contributed by atoms with van der Waals surface area (Å²) < 4.78 is 23.0. The fourth-order valence-corrected chi connectivity index (χ4v) is 5.01. The average Bonchev–Trinajstić information content (AvgIpc) is 2.89. The molecular formula is C32H64N2O6P+. The fourth-order valence-electron chi connectivity index (χ4n) is 4.27. The van der Waals surface area contributed by atoms with Gasteiger partial charge >= 0.3 is 7.82 Å². The van der Waals surface area contributed by atoms with Crippen LogP contribution in [0.15, 0.2) is 24.3 Å². The Bertz CT molecular complexity index is 738. The van der Waals surface area contributed by atoms with Crippen LogP contribution in [0.25, 0.3) is 0 Å². The Hall–Kier alpha value is -1.02. The van der Waals surface area contributed by atoms with Gasteiger partial charge in [0.1, 0.15) is 13.2 Å². The monoisotopic (exact) mass is 603 g/mol. The summed E-state index contributed by atoms with van der Waals surface area (Å²) in [4.78, 5) is 22.1. The van der Waals surface area contributed by atoms with Crippen molar-refractivity contribution < 1.29 is 32.9 Å². The molecule has 8 nitrogen and oxygen atoms in total. The largest absolute Gasteiger partial charge is 0.472 e. The molecule has 3 atom stereocenters. The minimum absolute atomic E-state index is 0.0550. The third-order valence-corrected chi connectivity index (χ3v) is 7.88. The van der Waals surface area contributed by atoms with E-state index in [0.29, 0.717) is 23.9 Å². The lowest BCUT2D eigenvalue weighted by atomic mass is 10.0. The first kappa shape index (κ1) is 40.0. The van der Waals surface area contributed by atoms with Gasteiger partial charge in [-0.1, -0.05) is 109 Å². The Morgan fingerprint density at radius 3 is 1.90 bits per heavy atom. The predicted octanol–water partition coefficient (Wildman–Crippen LogP) is 7.46. The molecule has 0 aliphatic heterocycles. The summed E-state index contributed by atoms with van der Waals surface area (Å²) in [6.45, 7) is 4.40. The summed E-state index contributed by atoms with van der Waals surface area (Å²) in [5.74, 6) is -0.243. The Morgan fingerprint density at radius 2 is 1.34 bits per heavy atom. The number of hydrogen-bond donors (Lipinski definition) is 3. The van der Waals surface area contributed by atoms with Gasteiger partial charge in [0.2, 0.25) is 5.91 Å². The molecule has 0 aromatic heterocycles. The number of likely N-dealkylation sites (N-methyl/N-ethyl adjacent to an activating group) is 1. The van der Waals surface area contributed by atoms with Crippen LogP contribution in [-0.2, 0) is 18.4 Å². The number of nitrogens with zero attached hydrogens (tertiary/aromatic N) is 1. The first-order valence-corrected chi connectivity index (χ1v) is 17.7. The first-order chi connectivity index (χ1) is 19.5. The van der Waals surface area contributed by atoms with E-state index in [1.807, 2.05) is 34.1 Å². The summed E-state index contributed by atoms with van der Waals surface area (Å²) in [6, 6.07) is -0.853. The number of rotatable bonds is 28. The SMILES string of the molecule is CCCCCCCCCCCCCC/C=C/CC/C=C/C(O)C(COP(=O)(O)OCC[N+](C)(C)C)NC(=O)CCC. The lowest BCUT2D eigenvalue weighted by molar-refractivity contribution is -0.870. The maximum absolute atomic E-state index is 12.3. The Balaban J connectivity index is 4.22. The van der Waals surface area contributed by atoms with Crippen molar-refractivity contribution in [1.82, 2.24) is 5.32 Å². The maximum Gasteiger partial charge on any atom is 0.472 e. The van der Waals surface area contributed by atoms with Gasteiger partial charge in [0.15, 0.2) is 0 Å². The molecule has 0 radical (unpaired) electrons. The smallest absolute Gasteiger partial charge is 0.387 e. The fraction of sp³-hybridized carbons (Fsp3) is 0.844. The van der Waals surface area contributed by atoms with E-state index in [9.17, 15) is 19.4 Å².